The maximum Gasteiger partial charge on any atom is 0.258 e. The van der Waals surface area contributed by atoms with Gasteiger partial charge in [0, 0.05) is 30.5 Å². The van der Waals surface area contributed by atoms with Gasteiger partial charge in [0.05, 0.1) is 12.6 Å². The summed E-state index contributed by atoms with van der Waals surface area (Å²) in [5, 5.41) is 8.79. The van der Waals surface area contributed by atoms with E-state index in [1.54, 1.807) is 24.3 Å². The lowest BCUT2D eigenvalue weighted by molar-refractivity contribution is -0.114. The summed E-state index contributed by atoms with van der Waals surface area (Å²) in [5.74, 6) is -0.138. The minimum atomic E-state index is -0.314. The molecule has 7 heteroatoms. The topological polar surface area (TPSA) is 91.8 Å². The second-order valence-corrected chi connectivity index (χ2v) is 7.48. The van der Waals surface area contributed by atoms with E-state index in [0.29, 0.717) is 23.8 Å². The van der Waals surface area contributed by atoms with Crippen LogP contribution in [0.1, 0.15) is 41.3 Å². The third-order valence-corrected chi connectivity index (χ3v) is 4.79. The summed E-state index contributed by atoms with van der Waals surface area (Å²) >= 11 is 0. The van der Waals surface area contributed by atoms with Gasteiger partial charge in [0.2, 0.25) is 11.9 Å². The van der Waals surface area contributed by atoms with Crippen molar-refractivity contribution in [3.05, 3.63) is 59.2 Å². The smallest absolute Gasteiger partial charge is 0.258 e. The Morgan fingerprint density at radius 2 is 1.97 bits per heavy atom. The van der Waals surface area contributed by atoms with Crippen LogP contribution in [-0.2, 0) is 9.53 Å². The largest absolute Gasteiger partial charge is 0.376 e. The first-order chi connectivity index (χ1) is 14.4. The van der Waals surface area contributed by atoms with Crippen molar-refractivity contribution in [2.45, 2.75) is 39.7 Å². The molecule has 0 saturated carbocycles. The molecule has 0 unspecified atom stereocenters. The fourth-order valence-corrected chi connectivity index (χ4v) is 3.29. The van der Waals surface area contributed by atoms with Gasteiger partial charge in [-0.1, -0.05) is 23.8 Å². The molecule has 0 radical (unpaired) electrons. The Hall–Kier alpha value is -3.19. The first-order valence-corrected chi connectivity index (χ1v) is 10.1. The molecule has 0 aromatic heterocycles. The third kappa shape index (κ3) is 6.15. The Morgan fingerprint density at radius 1 is 1.13 bits per heavy atom. The Morgan fingerprint density at radius 3 is 2.67 bits per heavy atom. The van der Waals surface area contributed by atoms with Crippen LogP contribution in [0.4, 0.5) is 11.4 Å². The van der Waals surface area contributed by atoms with Crippen LogP contribution in [0.5, 0.6) is 0 Å². The summed E-state index contributed by atoms with van der Waals surface area (Å²) < 4.78 is 5.65. The first kappa shape index (κ1) is 21.5. The number of hydrogen-bond donors (Lipinski definition) is 3. The number of benzene rings is 2. The highest BCUT2D eigenvalue weighted by Gasteiger charge is 2.16. The predicted octanol–water partition coefficient (Wildman–Crippen LogP) is 3.64. The van der Waals surface area contributed by atoms with Gasteiger partial charge in [0.15, 0.2) is 0 Å². The van der Waals surface area contributed by atoms with Crippen molar-refractivity contribution in [3.8, 4) is 0 Å². The molecule has 0 aliphatic carbocycles. The number of aliphatic imine (C=N–C) groups is 1. The molecule has 2 aromatic rings. The monoisotopic (exact) mass is 408 g/mol. The number of hydrogen-bond acceptors (Lipinski definition) is 4. The van der Waals surface area contributed by atoms with Gasteiger partial charge >= 0.3 is 0 Å². The van der Waals surface area contributed by atoms with Crippen LogP contribution in [-0.4, -0.2) is 37.0 Å². The van der Waals surface area contributed by atoms with Crippen LogP contribution >= 0.6 is 0 Å². The number of carbonyl (C=O) groups is 2. The molecule has 30 heavy (non-hydrogen) atoms. The highest BCUT2D eigenvalue weighted by Crippen LogP contribution is 2.17. The van der Waals surface area contributed by atoms with Crippen molar-refractivity contribution in [1.82, 2.24) is 5.32 Å². The molecule has 3 N–H and O–H groups in total. The second-order valence-electron chi connectivity index (χ2n) is 7.48. The first-order valence-electron chi connectivity index (χ1n) is 10.1. The van der Waals surface area contributed by atoms with E-state index < -0.39 is 0 Å². The van der Waals surface area contributed by atoms with Gasteiger partial charge in [0.1, 0.15) is 0 Å². The number of nitrogens with one attached hydrogen (secondary N) is 3. The molecule has 0 spiro atoms. The number of guanidine groups is 1. The van der Waals surface area contributed by atoms with Crippen LogP contribution in [0, 0.1) is 13.8 Å². The average molecular weight is 409 g/mol. The van der Waals surface area contributed by atoms with Gasteiger partial charge in [-0.2, -0.15) is 0 Å². The van der Waals surface area contributed by atoms with Crippen molar-refractivity contribution in [1.29, 1.82) is 0 Å². The zero-order chi connectivity index (χ0) is 21.5. The Labute approximate surface area is 176 Å². The van der Waals surface area contributed by atoms with E-state index in [-0.39, 0.29) is 17.9 Å². The van der Waals surface area contributed by atoms with Gasteiger partial charge in [-0.25, -0.2) is 4.99 Å². The summed E-state index contributed by atoms with van der Waals surface area (Å²) in [7, 11) is 0. The Bertz CT molecular complexity index is 949. The number of anilines is 2. The van der Waals surface area contributed by atoms with Crippen molar-refractivity contribution in [2.24, 2.45) is 4.99 Å². The second kappa shape index (κ2) is 10.0. The number of rotatable bonds is 5. The number of nitrogens with zero attached hydrogens (tertiary/aromatic N) is 1. The number of amides is 2. The van der Waals surface area contributed by atoms with E-state index in [9.17, 15) is 9.59 Å². The molecule has 2 aromatic carbocycles. The van der Waals surface area contributed by atoms with Crippen molar-refractivity contribution in [2.75, 3.05) is 23.8 Å². The highest BCUT2D eigenvalue weighted by molar-refractivity contribution is 6.10. The highest BCUT2D eigenvalue weighted by atomic mass is 16.5. The molecular weight excluding hydrogens is 380 g/mol. The minimum Gasteiger partial charge on any atom is -0.376 e. The lowest BCUT2D eigenvalue weighted by Crippen LogP contribution is -2.37. The molecule has 0 bridgehead atoms. The van der Waals surface area contributed by atoms with Gasteiger partial charge in [0.25, 0.3) is 5.91 Å². The normalized spacial score (nSPS) is 16.2. The summed E-state index contributed by atoms with van der Waals surface area (Å²) in [4.78, 5) is 28.7. The SMILES string of the molecule is CC(=O)Nc1cccc(C(=O)NC(=NC[C@@H]2CCCO2)Nc2ccc(C)cc2C)c1. The van der Waals surface area contributed by atoms with Crippen molar-refractivity contribution >= 4 is 29.1 Å². The fraction of sp³-hybridized carbons (Fsp3) is 0.348. The predicted molar refractivity (Wildman–Crippen MR) is 119 cm³/mol. The number of aryl methyl sites for hydroxylation is 2. The minimum absolute atomic E-state index is 0.0703. The van der Waals surface area contributed by atoms with E-state index in [1.807, 2.05) is 26.0 Å². The van der Waals surface area contributed by atoms with Gasteiger partial charge < -0.3 is 15.4 Å². The standard InChI is InChI=1S/C23H28N4O3/c1-15-9-10-21(16(2)12-15)26-23(24-14-20-8-5-11-30-20)27-22(29)18-6-4-7-19(13-18)25-17(3)28/h4,6-7,9-10,12-13,20H,5,8,11,14H2,1-3H3,(H,25,28)(H2,24,26,27,29)/t20-/m0/s1. The third-order valence-electron chi connectivity index (χ3n) is 4.79. The van der Waals surface area contributed by atoms with Crippen LogP contribution in [0.2, 0.25) is 0 Å². The van der Waals surface area contributed by atoms with E-state index in [4.69, 9.17) is 4.74 Å². The fourth-order valence-electron chi connectivity index (χ4n) is 3.29. The van der Waals surface area contributed by atoms with Crippen molar-refractivity contribution < 1.29 is 14.3 Å². The van der Waals surface area contributed by atoms with Gasteiger partial charge in [-0.3, -0.25) is 14.9 Å². The molecule has 1 atom stereocenters. The van der Waals surface area contributed by atoms with Crippen LogP contribution in [0.15, 0.2) is 47.5 Å². The molecule has 1 saturated heterocycles. The Balaban J connectivity index is 1.77. The molecule has 2 amide bonds. The van der Waals surface area contributed by atoms with E-state index in [0.717, 1.165) is 36.3 Å². The van der Waals surface area contributed by atoms with E-state index >= 15 is 0 Å². The molecule has 7 nitrogen and oxygen atoms in total. The number of ether oxygens (including phenoxy) is 1. The van der Waals surface area contributed by atoms with Crippen LogP contribution in [0.25, 0.3) is 0 Å². The average Bonchev–Trinajstić information content (AvgIpc) is 3.21. The maximum atomic E-state index is 12.8. The number of carbonyl (C=O) groups excluding carboxylic acids is 2. The van der Waals surface area contributed by atoms with Crippen LogP contribution in [0.3, 0.4) is 0 Å². The summed E-state index contributed by atoms with van der Waals surface area (Å²) in [6.45, 7) is 6.69. The molecule has 1 fully saturated rings. The quantitative estimate of drug-likeness (QED) is 0.520. The lowest BCUT2D eigenvalue weighted by atomic mass is 10.1. The summed E-state index contributed by atoms with van der Waals surface area (Å²) in [5.41, 5.74) is 4.08. The molecule has 158 valence electrons. The Kier molecular flexibility index (Phi) is 7.19. The molecule has 1 aliphatic heterocycles. The van der Waals surface area contributed by atoms with E-state index in [2.05, 4.69) is 27.0 Å². The molecule has 3 rings (SSSR count). The zero-order valence-corrected chi connectivity index (χ0v) is 17.6. The summed E-state index contributed by atoms with van der Waals surface area (Å²) in [6.07, 6.45) is 2.07. The van der Waals surface area contributed by atoms with Gasteiger partial charge in [-0.05, 0) is 56.5 Å². The van der Waals surface area contributed by atoms with Crippen LogP contribution < -0.4 is 16.0 Å². The molecular formula is C23H28N4O3. The summed E-state index contributed by atoms with van der Waals surface area (Å²) in [6, 6.07) is 12.8. The molecule has 1 aliphatic rings. The lowest BCUT2D eigenvalue weighted by Gasteiger charge is -2.15. The molecule has 1 heterocycles. The van der Waals surface area contributed by atoms with E-state index in [1.165, 1.54) is 6.92 Å². The van der Waals surface area contributed by atoms with Gasteiger partial charge in [-0.15, -0.1) is 0 Å². The van der Waals surface area contributed by atoms with Crippen molar-refractivity contribution in [3.63, 3.8) is 0 Å². The zero-order valence-electron chi connectivity index (χ0n) is 17.6. The maximum absolute atomic E-state index is 12.8.